The molecule has 6 heteroatoms. The zero-order valence-corrected chi connectivity index (χ0v) is 9.89. The summed E-state index contributed by atoms with van der Waals surface area (Å²) in [6, 6.07) is 6.07. The smallest absolute Gasteiger partial charge is 0.305 e. The molecule has 0 spiro atoms. The van der Waals surface area contributed by atoms with E-state index in [1.165, 1.54) is 12.3 Å². The van der Waals surface area contributed by atoms with Gasteiger partial charge in [0.2, 0.25) is 0 Å². The quantitative estimate of drug-likeness (QED) is 0.876. The third-order valence-corrected chi connectivity index (χ3v) is 2.58. The van der Waals surface area contributed by atoms with Crippen molar-refractivity contribution in [3.8, 4) is 0 Å². The number of fused-ring (bicyclic) bond motifs is 1. The van der Waals surface area contributed by atoms with Crippen LogP contribution in [0.2, 0.25) is 0 Å². The van der Waals surface area contributed by atoms with Crippen molar-refractivity contribution in [2.45, 2.75) is 6.42 Å². The Morgan fingerprint density at radius 2 is 2.11 bits per heavy atom. The number of carbonyl (C=O) groups excluding carboxylic acids is 1. The Kier molecular flexibility index (Phi) is 3.70. The molecule has 0 unspecified atom stereocenters. The summed E-state index contributed by atoms with van der Waals surface area (Å²) in [5.74, 6) is -2.14. The van der Waals surface area contributed by atoms with Crippen LogP contribution in [0.5, 0.6) is 0 Å². The largest absolute Gasteiger partial charge is 0.481 e. The molecule has 0 fully saturated rings. The highest BCUT2D eigenvalue weighted by molar-refractivity contribution is 6.05. The van der Waals surface area contributed by atoms with Crippen molar-refractivity contribution in [3.05, 3.63) is 42.0 Å². The molecule has 2 aromatic rings. The number of halogens is 1. The first-order chi connectivity index (χ1) is 9.09. The summed E-state index contributed by atoms with van der Waals surface area (Å²) in [5, 5.41) is 11.6. The lowest BCUT2D eigenvalue weighted by atomic mass is 10.1. The maximum atomic E-state index is 13.7. The fraction of sp³-hybridized carbons (Fsp3) is 0.154. The van der Waals surface area contributed by atoms with Crippen LogP contribution < -0.4 is 5.32 Å². The molecular formula is C13H11FN2O3. The standard InChI is InChI=1S/C13H11FN2O3/c14-9-3-1-2-8-4-6-15-12(11(8)9)13(19)16-7-5-10(17)18/h1-4,6H,5,7H2,(H,16,19)(H,17,18). The topological polar surface area (TPSA) is 79.3 Å². The van der Waals surface area contributed by atoms with Crippen LogP contribution >= 0.6 is 0 Å². The second-order valence-electron chi connectivity index (χ2n) is 3.90. The minimum Gasteiger partial charge on any atom is -0.481 e. The third-order valence-electron chi connectivity index (χ3n) is 2.58. The Labute approximate surface area is 108 Å². The van der Waals surface area contributed by atoms with E-state index in [2.05, 4.69) is 10.3 Å². The number of nitrogens with one attached hydrogen (secondary N) is 1. The third kappa shape index (κ3) is 2.85. The summed E-state index contributed by atoms with van der Waals surface area (Å²) in [5.41, 5.74) is -0.0408. The second kappa shape index (κ2) is 5.43. The van der Waals surface area contributed by atoms with Crippen LogP contribution in [0.25, 0.3) is 10.8 Å². The lowest BCUT2D eigenvalue weighted by molar-refractivity contribution is -0.136. The summed E-state index contributed by atoms with van der Waals surface area (Å²) in [6.45, 7) is -0.0271. The molecule has 0 atom stereocenters. The van der Waals surface area contributed by atoms with Crippen LogP contribution in [0.15, 0.2) is 30.5 Å². The maximum Gasteiger partial charge on any atom is 0.305 e. The molecule has 1 aromatic heterocycles. The Morgan fingerprint density at radius 3 is 2.84 bits per heavy atom. The predicted octanol–water partition coefficient (Wildman–Crippen LogP) is 1.58. The summed E-state index contributed by atoms with van der Waals surface area (Å²) in [6.07, 6.45) is 1.22. The number of pyridine rings is 1. The van der Waals surface area contributed by atoms with E-state index in [1.54, 1.807) is 18.2 Å². The number of hydrogen-bond acceptors (Lipinski definition) is 3. The van der Waals surface area contributed by atoms with Gasteiger partial charge in [-0.25, -0.2) is 4.39 Å². The highest BCUT2D eigenvalue weighted by atomic mass is 19.1. The van der Waals surface area contributed by atoms with Gasteiger partial charge in [-0.1, -0.05) is 12.1 Å². The van der Waals surface area contributed by atoms with Crippen molar-refractivity contribution < 1.29 is 19.1 Å². The van der Waals surface area contributed by atoms with Gasteiger partial charge in [-0.3, -0.25) is 14.6 Å². The van der Waals surface area contributed by atoms with Gasteiger partial charge in [0.25, 0.3) is 5.91 Å². The molecule has 0 aliphatic carbocycles. The first-order valence-electron chi connectivity index (χ1n) is 5.63. The van der Waals surface area contributed by atoms with Crippen molar-refractivity contribution in [3.63, 3.8) is 0 Å². The van der Waals surface area contributed by atoms with E-state index < -0.39 is 17.7 Å². The van der Waals surface area contributed by atoms with Crippen LogP contribution in [0, 0.1) is 5.82 Å². The maximum absolute atomic E-state index is 13.7. The summed E-state index contributed by atoms with van der Waals surface area (Å²) >= 11 is 0. The van der Waals surface area contributed by atoms with E-state index in [4.69, 9.17) is 5.11 Å². The van der Waals surface area contributed by atoms with E-state index in [1.807, 2.05) is 0 Å². The van der Waals surface area contributed by atoms with Crippen molar-refractivity contribution in [1.29, 1.82) is 0 Å². The molecule has 1 aromatic carbocycles. The molecule has 1 heterocycles. The number of carboxylic acid groups (broad SMARTS) is 1. The molecule has 98 valence electrons. The number of benzene rings is 1. The predicted molar refractivity (Wildman–Crippen MR) is 66.3 cm³/mol. The van der Waals surface area contributed by atoms with Gasteiger partial charge in [-0.05, 0) is 17.5 Å². The van der Waals surface area contributed by atoms with Crippen LogP contribution in [-0.2, 0) is 4.79 Å². The summed E-state index contributed by atoms with van der Waals surface area (Å²) in [4.78, 5) is 26.1. The SMILES string of the molecule is O=C(O)CCNC(=O)c1nccc2cccc(F)c12. The molecule has 5 nitrogen and oxygen atoms in total. The first-order valence-corrected chi connectivity index (χ1v) is 5.63. The fourth-order valence-corrected chi connectivity index (χ4v) is 1.73. The Hall–Kier alpha value is -2.50. The van der Waals surface area contributed by atoms with Gasteiger partial charge in [-0.2, -0.15) is 0 Å². The van der Waals surface area contributed by atoms with Gasteiger partial charge < -0.3 is 10.4 Å². The van der Waals surface area contributed by atoms with Crippen LogP contribution in [-0.4, -0.2) is 28.5 Å². The first kappa shape index (κ1) is 12.9. The number of aromatic nitrogens is 1. The molecule has 0 bridgehead atoms. The van der Waals surface area contributed by atoms with Crippen molar-refractivity contribution in [2.24, 2.45) is 0 Å². The van der Waals surface area contributed by atoms with Gasteiger partial charge >= 0.3 is 5.97 Å². The molecule has 0 saturated carbocycles. The van der Waals surface area contributed by atoms with Gasteiger partial charge in [-0.15, -0.1) is 0 Å². The monoisotopic (exact) mass is 262 g/mol. The molecule has 2 rings (SSSR count). The number of amides is 1. The minimum absolute atomic E-state index is 0.0271. The van der Waals surface area contributed by atoms with E-state index >= 15 is 0 Å². The van der Waals surface area contributed by atoms with E-state index in [0.29, 0.717) is 5.39 Å². The molecule has 0 aliphatic heterocycles. The lowest BCUT2D eigenvalue weighted by Gasteiger charge is -2.06. The van der Waals surface area contributed by atoms with Gasteiger partial charge in [0.1, 0.15) is 11.5 Å². The molecule has 19 heavy (non-hydrogen) atoms. The minimum atomic E-state index is -1.02. The lowest BCUT2D eigenvalue weighted by Crippen LogP contribution is -2.27. The summed E-state index contributed by atoms with van der Waals surface area (Å²) < 4.78 is 13.7. The normalized spacial score (nSPS) is 10.4. The molecule has 0 aliphatic rings. The number of carboxylic acids is 1. The Bertz CT molecular complexity index is 638. The van der Waals surface area contributed by atoms with Crippen LogP contribution in [0.3, 0.4) is 0 Å². The van der Waals surface area contributed by atoms with Crippen molar-refractivity contribution >= 4 is 22.6 Å². The Balaban J connectivity index is 2.29. The van der Waals surface area contributed by atoms with E-state index in [-0.39, 0.29) is 24.0 Å². The van der Waals surface area contributed by atoms with E-state index in [9.17, 15) is 14.0 Å². The van der Waals surface area contributed by atoms with Gasteiger partial charge in [0, 0.05) is 18.1 Å². The van der Waals surface area contributed by atoms with Gasteiger partial charge in [0.15, 0.2) is 0 Å². The molecule has 1 amide bonds. The van der Waals surface area contributed by atoms with Crippen LogP contribution in [0.4, 0.5) is 4.39 Å². The number of rotatable bonds is 4. The number of nitrogens with zero attached hydrogens (tertiary/aromatic N) is 1. The zero-order chi connectivity index (χ0) is 13.8. The average Bonchev–Trinajstić information content (AvgIpc) is 2.38. The Morgan fingerprint density at radius 1 is 1.32 bits per heavy atom. The molecule has 2 N–H and O–H groups in total. The van der Waals surface area contributed by atoms with E-state index in [0.717, 1.165) is 0 Å². The van der Waals surface area contributed by atoms with Crippen molar-refractivity contribution in [2.75, 3.05) is 6.54 Å². The molecule has 0 radical (unpaired) electrons. The number of aliphatic carboxylic acids is 1. The number of carbonyl (C=O) groups is 2. The van der Waals surface area contributed by atoms with Crippen LogP contribution in [0.1, 0.15) is 16.9 Å². The second-order valence-corrected chi connectivity index (χ2v) is 3.90. The highest BCUT2D eigenvalue weighted by Crippen LogP contribution is 2.20. The number of hydrogen-bond donors (Lipinski definition) is 2. The fourth-order valence-electron chi connectivity index (χ4n) is 1.73. The summed E-state index contributed by atoms with van der Waals surface area (Å²) in [7, 11) is 0. The molecule has 0 saturated heterocycles. The van der Waals surface area contributed by atoms with Gasteiger partial charge in [0.05, 0.1) is 6.42 Å². The highest BCUT2D eigenvalue weighted by Gasteiger charge is 2.14. The van der Waals surface area contributed by atoms with Crippen molar-refractivity contribution in [1.82, 2.24) is 10.3 Å². The molecular weight excluding hydrogens is 251 g/mol. The zero-order valence-electron chi connectivity index (χ0n) is 9.89. The average molecular weight is 262 g/mol.